The van der Waals surface area contributed by atoms with Gasteiger partial charge in [0.25, 0.3) is 0 Å². The molecule has 0 radical (unpaired) electrons. The van der Waals surface area contributed by atoms with Crippen LogP contribution in [0.1, 0.15) is 27.6 Å². The number of carbonyl (C=O) groups is 2. The van der Waals surface area contributed by atoms with Crippen molar-refractivity contribution in [2.75, 3.05) is 0 Å². The van der Waals surface area contributed by atoms with E-state index in [1.54, 1.807) is 19.1 Å². The molecule has 0 fully saturated rings. The number of aromatic carboxylic acids is 1. The first-order valence-corrected chi connectivity index (χ1v) is 6.14. The fraction of sp³-hybridized carbons (Fsp3) is 0.200. The number of carboxylic acid groups (broad SMARTS) is 1. The summed E-state index contributed by atoms with van der Waals surface area (Å²) in [5, 5.41) is 8.92. The minimum Gasteiger partial charge on any atom is -0.478 e. The van der Waals surface area contributed by atoms with Crippen LogP contribution in [0.3, 0.4) is 0 Å². The zero-order valence-corrected chi connectivity index (χ0v) is 11.6. The Balaban J connectivity index is 3.30. The Morgan fingerprint density at radius 3 is 2.47 bits per heavy atom. The zero-order valence-electron chi connectivity index (χ0n) is 7.83. The highest BCUT2D eigenvalue weighted by Crippen LogP contribution is 2.18. The maximum atomic E-state index is 11.7. The number of halogens is 2. The van der Waals surface area contributed by atoms with Crippen LogP contribution in [0.5, 0.6) is 0 Å². The first-order valence-electron chi connectivity index (χ1n) is 4.14. The van der Waals surface area contributed by atoms with E-state index in [0.29, 0.717) is 0 Å². The van der Waals surface area contributed by atoms with Crippen LogP contribution in [0.2, 0.25) is 0 Å². The Labute approximate surface area is 109 Å². The van der Waals surface area contributed by atoms with Crippen molar-refractivity contribution in [3.8, 4) is 0 Å². The molecule has 0 heterocycles. The van der Waals surface area contributed by atoms with Gasteiger partial charge in [-0.05, 0) is 47.7 Å². The molecule has 0 amide bonds. The van der Waals surface area contributed by atoms with Crippen LogP contribution in [-0.4, -0.2) is 21.7 Å². The van der Waals surface area contributed by atoms with Gasteiger partial charge in [0.15, 0.2) is 5.78 Å². The third-order valence-corrected chi connectivity index (χ3v) is 2.93. The van der Waals surface area contributed by atoms with Gasteiger partial charge in [-0.25, -0.2) is 4.79 Å². The van der Waals surface area contributed by atoms with Crippen molar-refractivity contribution in [1.29, 1.82) is 0 Å². The van der Waals surface area contributed by atoms with E-state index < -0.39 is 5.97 Å². The van der Waals surface area contributed by atoms with Gasteiger partial charge in [-0.3, -0.25) is 4.79 Å². The van der Waals surface area contributed by atoms with Gasteiger partial charge >= 0.3 is 5.97 Å². The third kappa shape index (κ3) is 3.01. The fourth-order valence-electron chi connectivity index (χ4n) is 1.12. The van der Waals surface area contributed by atoms with Gasteiger partial charge in [0, 0.05) is 9.13 Å². The Hall–Kier alpha value is -0.430. The second kappa shape index (κ2) is 5.07. The molecule has 3 nitrogen and oxygen atoms in total. The molecule has 15 heavy (non-hydrogen) atoms. The van der Waals surface area contributed by atoms with E-state index in [2.05, 4.69) is 15.9 Å². The number of Topliss-reactive ketones (excluding diaryl/α,β-unsaturated/α-hetero) is 1. The summed E-state index contributed by atoms with van der Waals surface area (Å²) < 4.78 is 0.842. The lowest BCUT2D eigenvalue weighted by atomic mass is 10.0. The van der Waals surface area contributed by atoms with Gasteiger partial charge in [-0.2, -0.15) is 0 Å². The number of rotatable bonds is 3. The molecular formula is C10H8BrIO3. The van der Waals surface area contributed by atoms with Gasteiger partial charge in [-0.1, -0.05) is 15.9 Å². The minimum absolute atomic E-state index is 0.0479. The summed E-state index contributed by atoms with van der Waals surface area (Å²) in [6.07, 6.45) is 0. The van der Waals surface area contributed by atoms with E-state index in [4.69, 9.17) is 5.11 Å². The lowest BCUT2D eigenvalue weighted by molar-refractivity contribution is 0.0692. The predicted molar refractivity (Wildman–Crippen MR) is 68.8 cm³/mol. The first-order chi connectivity index (χ1) is 6.93. The largest absolute Gasteiger partial charge is 0.478 e. The maximum absolute atomic E-state index is 11.7. The summed E-state index contributed by atoms with van der Waals surface area (Å²) in [5.41, 5.74) is 0.297. The normalized spacial score (nSPS) is 12.2. The van der Waals surface area contributed by atoms with Gasteiger partial charge in [-0.15, -0.1) is 0 Å². The average molecular weight is 383 g/mol. The molecule has 0 aliphatic heterocycles. The van der Waals surface area contributed by atoms with Crippen molar-refractivity contribution in [2.45, 2.75) is 11.8 Å². The molecule has 80 valence electrons. The van der Waals surface area contributed by atoms with Crippen LogP contribution >= 0.6 is 38.5 Å². The van der Waals surface area contributed by atoms with E-state index in [1.807, 2.05) is 22.6 Å². The molecule has 1 N–H and O–H groups in total. The molecule has 0 aliphatic carbocycles. The van der Waals surface area contributed by atoms with Crippen LogP contribution in [0, 0.1) is 3.57 Å². The number of carbonyl (C=O) groups excluding carboxylic acids is 1. The lowest BCUT2D eigenvalue weighted by Crippen LogP contribution is -2.15. The van der Waals surface area contributed by atoms with E-state index in [1.165, 1.54) is 6.07 Å². The van der Waals surface area contributed by atoms with Crippen molar-refractivity contribution < 1.29 is 14.7 Å². The molecule has 1 unspecified atom stereocenters. The monoisotopic (exact) mass is 382 g/mol. The Morgan fingerprint density at radius 2 is 2.00 bits per heavy atom. The number of hydrogen-bond donors (Lipinski definition) is 1. The van der Waals surface area contributed by atoms with Crippen LogP contribution in [0.15, 0.2) is 18.2 Å². The molecule has 0 aromatic heterocycles. The summed E-state index contributed by atoms with van der Waals surface area (Å²) in [7, 11) is 0. The van der Waals surface area contributed by atoms with Crippen LogP contribution in [0.25, 0.3) is 0 Å². The van der Waals surface area contributed by atoms with Gasteiger partial charge in [0.2, 0.25) is 0 Å². The number of alkyl halides is 1. The SMILES string of the molecule is CC(Br)C(=O)c1cc(I)ccc1C(=O)O. The van der Waals surface area contributed by atoms with Crippen molar-refractivity contribution in [3.05, 3.63) is 32.9 Å². The standard InChI is InChI=1S/C10H8BrIO3/c1-5(11)9(13)8-4-6(12)2-3-7(8)10(14)15/h2-5H,1H3,(H,14,15). The van der Waals surface area contributed by atoms with E-state index in [-0.39, 0.29) is 21.7 Å². The minimum atomic E-state index is -1.08. The van der Waals surface area contributed by atoms with E-state index in [0.717, 1.165) is 3.57 Å². The summed E-state index contributed by atoms with van der Waals surface area (Å²) in [5.74, 6) is -1.30. The molecule has 1 atom stereocenters. The van der Waals surface area contributed by atoms with Crippen molar-refractivity contribution in [3.63, 3.8) is 0 Å². The van der Waals surface area contributed by atoms with Crippen LogP contribution < -0.4 is 0 Å². The molecule has 1 aromatic rings. The summed E-state index contributed by atoms with van der Waals surface area (Å²) >= 11 is 5.18. The molecule has 0 spiro atoms. The quantitative estimate of drug-likeness (QED) is 0.496. The van der Waals surface area contributed by atoms with Crippen LogP contribution in [0.4, 0.5) is 0 Å². The lowest BCUT2D eigenvalue weighted by Gasteiger charge is -2.07. The highest BCUT2D eigenvalue weighted by atomic mass is 127. The molecule has 5 heteroatoms. The molecule has 0 saturated carbocycles. The maximum Gasteiger partial charge on any atom is 0.336 e. The Bertz CT molecular complexity index is 415. The smallest absolute Gasteiger partial charge is 0.336 e. The van der Waals surface area contributed by atoms with Crippen LogP contribution in [-0.2, 0) is 0 Å². The number of hydrogen-bond acceptors (Lipinski definition) is 2. The average Bonchev–Trinajstić information content (AvgIpc) is 2.15. The molecule has 0 saturated heterocycles. The van der Waals surface area contributed by atoms with Gasteiger partial charge in [0.05, 0.1) is 10.4 Å². The molecule has 1 aromatic carbocycles. The number of carboxylic acids is 1. The van der Waals surface area contributed by atoms with Gasteiger partial charge in [0.1, 0.15) is 0 Å². The van der Waals surface area contributed by atoms with Gasteiger partial charge < -0.3 is 5.11 Å². The summed E-state index contributed by atoms with van der Waals surface area (Å²) in [6, 6.07) is 4.70. The summed E-state index contributed by atoms with van der Waals surface area (Å²) in [6.45, 7) is 1.67. The molecule has 1 rings (SSSR count). The second-order valence-electron chi connectivity index (χ2n) is 2.98. The zero-order chi connectivity index (χ0) is 11.6. The Kier molecular flexibility index (Phi) is 4.27. The van der Waals surface area contributed by atoms with Crippen molar-refractivity contribution in [1.82, 2.24) is 0 Å². The number of ketones is 1. The van der Waals surface area contributed by atoms with Crippen molar-refractivity contribution >= 4 is 50.3 Å². The summed E-state index contributed by atoms with van der Waals surface area (Å²) in [4.78, 5) is 22.2. The topological polar surface area (TPSA) is 54.4 Å². The highest BCUT2D eigenvalue weighted by Gasteiger charge is 2.19. The fourth-order valence-corrected chi connectivity index (χ4v) is 1.86. The first kappa shape index (κ1) is 12.6. The molecule has 0 bridgehead atoms. The second-order valence-corrected chi connectivity index (χ2v) is 5.59. The molecular weight excluding hydrogens is 375 g/mol. The predicted octanol–water partition coefficient (Wildman–Crippen LogP) is 2.96. The van der Waals surface area contributed by atoms with E-state index >= 15 is 0 Å². The number of benzene rings is 1. The highest BCUT2D eigenvalue weighted by molar-refractivity contribution is 14.1. The molecule has 0 aliphatic rings. The van der Waals surface area contributed by atoms with Crippen molar-refractivity contribution in [2.24, 2.45) is 0 Å². The third-order valence-electron chi connectivity index (χ3n) is 1.84. The van der Waals surface area contributed by atoms with E-state index in [9.17, 15) is 9.59 Å². The Morgan fingerprint density at radius 1 is 1.40 bits per heavy atom.